The quantitative estimate of drug-likeness (QED) is 0.189. The number of thioether (sulfide) groups is 1. The highest BCUT2D eigenvalue weighted by Crippen LogP contribution is 2.50. The molecule has 0 spiro atoms. The molecule has 1 aliphatic carbocycles. The van der Waals surface area contributed by atoms with E-state index in [0.717, 1.165) is 21.3 Å². The number of benzene rings is 2. The third kappa shape index (κ3) is 6.86. The van der Waals surface area contributed by atoms with Crippen LogP contribution < -0.4 is 35.6 Å². The number of hydrogen-bond acceptors (Lipinski definition) is 10. The number of aromatic nitrogens is 1. The Labute approximate surface area is 269 Å². The fourth-order valence-corrected chi connectivity index (χ4v) is 6.98. The van der Waals surface area contributed by atoms with E-state index < -0.39 is 12.1 Å². The molecule has 5 rings (SSSR count). The van der Waals surface area contributed by atoms with Crippen molar-refractivity contribution in [3.8, 4) is 28.4 Å². The molecular formula is C33H36N4O6S2. The van der Waals surface area contributed by atoms with Gasteiger partial charge in [0.15, 0.2) is 16.6 Å². The Morgan fingerprint density at radius 1 is 1.07 bits per heavy atom. The molecule has 0 saturated carbocycles. The topological polar surface area (TPSA) is 128 Å². The van der Waals surface area contributed by atoms with E-state index in [-0.39, 0.29) is 22.9 Å². The van der Waals surface area contributed by atoms with Crippen molar-refractivity contribution in [1.29, 1.82) is 0 Å². The summed E-state index contributed by atoms with van der Waals surface area (Å²) in [4.78, 5) is 44.2. The van der Waals surface area contributed by atoms with Crippen LogP contribution in [0.15, 0.2) is 53.3 Å². The first-order chi connectivity index (χ1) is 21.8. The van der Waals surface area contributed by atoms with E-state index in [9.17, 15) is 14.4 Å². The van der Waals surface area contributed by atoms with Gasteiger partial charge in [-0.15, -0.1) is 0 Å². The minimum Gasteiger partial charge on any atom is -0.493 e. The number of aryl methyl sites for hydroxylation is 1. The zero-order valence-corrected chi connectivity index (χ0v) is 27.4. The van der Waals surface area contributed by atoms with Crippen LogP contribution in [-0.4, -0.2) is 56.2 Å². The van der Waals surface area contributed by atoms with Crippen LogP contribution in [0, 0.1) is 0 Å². The monoisotopic (exact) mass is 648 g/mol. The Morgan fingerprint density at radius 3 is 2.53 bits per heavy atom. The number of nitrogens with one attached hydrogen (secondary N) is 3. The third-order valence-electron chi connectivity index (χ3n) is 7.70. The molecule has 3 N–H and O–H groups in total. The number of rotatable bonds is 11. The summed E-state index contributed by atoms with van der Waals surface area (Å²) in [5.74, 6) is 1.63. The van der Waals surface area contributed by atoms with Crippen molar-refractivity contribution in [3.05, 3.63) is 69.9 Å². The van der Waals surface area contributed by atoms with Gasteiger partial charge in [0.25, 0.3) is 0 Å². The minimum atomic E-state index is -0.698. The lowest BCUT2D eigenvalue weighted by atomic mass is 9.95. The number of carbonyl (C=O) groups excluding carboxylic acids is 2. The summed E-state index contributed by atoms with van der Waals surface area (Å²) in [5.41, 5.74) is 3.80. The molecule has 2 atom stereocenters. The van der Waals surface area contributed by atoms with E-state index in [0.29, 0.717) is 58.5 Å². The number of hydrogen-bond donors (Lipinski definition) is 3. The Morgan fingerprint density at radius 2 is 1.84 bits per heavy atom. The predicted molar refractivity (Wildman–Crippen MR) is 181 cm³/mol. The standard InChI is InChI=1S/C33H36N4O6S2/c1-18(38)34-22-12-10-19-16-27(41-2)30(42-3)31(43-4)29(19)20-11-13-23(26(39)17-21(20)22)35-25(14-15-44-5)32(40)37-33-36-24-8-6-7-9-28(24)45-33/h6-9,11,13,16-17,22,25H,10,12,14-15H2,1-5H3,(H,34,38)(H,35,39)(H,36,37,40)/t22-,25-/m0/s1. The molecule has 0 saturated heterocycles. The predicted octanol–water partition coefficient (Wildman–Crippen LogP) is 5.65. The molecular weight excluding hydrogens is 613 g/mol. The Balaban J connectivity index is 1.58. The van der Waals surface area contributed by atoms with Gasteiger partial charge in [0.05, 0.1) is 43.3 Å². The van der Waals surface area contributed by atoms with Crippen LogP contribution in [0.25, 0.3) is 21.3 Å². The number of thiazole rings is 1. The van der Waals surface area contributed by atoms with Crippen LogP contribution in [-0.2, 0) is 16.0 Å². The van der Waals surface area contributed by atoms with Crippen molar-refractivity contribution >= 4 is 55.9 Å². The zero-order valence-electron chi connectivity index (χ0n) is 25.8. The van der Waals surface area contributed by atoms with E-state index in [1.807, 2.05) is 42.7 Å². The summed E-state index contributed by atoms with van der Waals surface area (Å²) in [5, 5.41) is 9.67. The maximum atomic E-state index is 13.8. The maximum Gasteiger partial charge on any atom is 0.248 e. The maximum absolute atomic E-state index is 13.8. The molecule has 12 heteroatoms. The van der Waals surface area contributed by atoms with Crippen molar-refractivity contribution in [2.75, 3.05) is 44.0 Å². The normalized spacial score (nSPS) is 14.4. The first-order valence-corrected chi connectivity index (χ1v) is 16.7. The summed E-state index contributed by atoms with van der Waals surface area (Å²) in [6.07, 6.45) is 3.60. The molecule has 10 nitrogen and oxygen atoms in total. The molecule has 1 heterocycles. The highest BCUT2D eigenvalue weighted by molar-refractivity contribution is 7.98. The molecule has 0 fully saturated rings. The number of fused-ring (bicyclic) bond motifs is 4. The first-order valence-electron chi connectivity index (χ1n) is 14.5. The van der Waals surface area contributed by atoms with Crippen LogP contribution in [0.5, 0.6) is 17.2 Å². The van der Waals surface area contributed by atoms with E-state index in [4.69, 9.17) is 14.2 Å². The Hall–Kier alpha value is -4.29. The fourth-order valence-electron chi connectivity index (χ4n) is 5.64. The molecule has 236 valence electrons. The smallest absolute Gasteiger partial charge is 0.248 e. The van der Waals surface area contributed by atoms with Crippen molar-refractivity contribution in [2.45, 2.75) is 38.3 Å². The van der Waals surface area contributed by atoms with Gasteiger partial charge in [-0.1, -0.05) is 29.5 Å². The molecule has 4 aromatic rings. The van der Waals surface area contributed by atoms with E-state index >= 15 is 0 Å². The van der Waals surface area contributed by atoms with Gasteiger partial charge >= 0.3 is 0 Å². The highest BCUT2D eigenvalue weighted by atomic mass is 32.2. The molecule has 0 bridgehead atoms. The van der Waals surface area contributed by atoms with E-state index in [1.54, 1.807) is 45.2 Å². The number of anilines is 2. The first kappa shape index (κ1) is 32.1. The second kappa shape index (κ2) is 14.2. The summed E-state index contributed by atoms with van der Waals surface area (Å²) < 4.78 is 18.1. The van der Waals surface area contributed by atoms with Gasteiger partial charge in [0, 0.05) is 12.5 Å². The molecule has 0 radical (unpaired) electrons. The van der Waals surface area contributed by atoms with Crippen molar-refractivity contribution < 1.29 is 23.8 Å². The summed E-state index contributed by atoms with van der Waals surface area (Å²) >= 11 is 3.01. The van der Waals surface area contributed by atoms with Gasteiger partial charge in [-0.2, -0.15) is 11.8 Å². The minimum absolute atomic E-state index is 0.208. The number of para-hydroxylation sites is 1. The second-order valence-electron chi connectivity index (χ2n) is 10.6. The van der Waals surface area contributed by atoms with Crippen LogP contribution in [0.1, 0.15) is 36.9 Å². The van der Waals surface area contributed by atoms with Crippen LogP contribution in [0.3, 0.4) is 0 Å². The molecule has 2 amide bonds. The number of amides is 2. The number of carbonyl (C=O) groups is 2. The molecule has 0 unspecified atom stereocenters. The van der Waals surface area contributed by atoms with E-state index in [2.05, 4.69) is 20.9 Å². The van der Waals surface area contributed by atoms with Gasteiger partial charge in [-0.25, -0.2) is 4.98 Å². The number of ether oxygens (including phenoxy) is 3. The SMILES string of the molecule is COc1cc2c(c(OC)c1OC)-c1ccc(N[C@@H](CCSC)C(=O)Nc3nc4ccccc4s3)c(=O)cc1[C@@H](NC(C)=O)CC2. The fraction of sp³-hybridized carbons (Fsp3) is 0.333. The van der Waals surface area contributed by atoms with Crippen molar-refractivity contribution in [3.63, 3.8) is 0 Å². The average Bonchev–Trinajstić information content (AvgIpc) is 3.30. The van der Waals surface area contributed by atoms with Gasteiger partial charge in [-0.05, 0) is 78.3 Å². The lowest BCUT2D eigenvalue weighted by Crippen LogP contribution is -2.36. The number of methoxy groups -OCH3 is 3. The van der Waals surface area contributed by atoms with Gasteiger partial charge in [-0.3, -0.25) is 14.4 Å². The zero-order chi connectivity index (χ0) is 32.1. The third-order valence-corrected chi connectivity index (χ3v) is 9.29. The van der Waals surface area contributed by atoms with Gasteiger partial charge < -0.3 is 30.2 Å². The molecule has 1 aromatic heterocycles. The lowest BCUT2D eigenvalue weighted by Gasteiger charge is -2.19. The Bertz CT molecular complexity index is 1760. The summed E-state index contributed by atoms with van der Waals surface area (Å²) in [6, 6.07) is 13.5. The Kier molecular flexibility index (Phi) is 10.1. The van der Waals surface area contributed by atoms with Crippen molar-refractivity contribution in [1.82, 2.24) is 10.3 Å². The largest absolute Gasteiger partial charge is 0.493 e. The van der Waals surface area contributed by atoms with E-state index in [1.165, 1.54) is 18.3 Å². The molecule has 1 aliphatic rings. The van der Waals surface area contributed by atoms with Crippen LogP contribution >= 0.6 is 23.1 Å². The molecule has 0 aliphatic heterocycles. The lowest BCUT2D eigenvalue weighted by molar-refractivity contribution is -0.120. The second-order valence-corrected chi connectivity index (χ2v) is 12.6. The van der Waals surface area contributed by atoms with Crippen molar-refractivity contribution in [2.24, 2.45) is 0 Å². The summed E-state index contributed by atoms with van der Waals surface area (Å²) in [6.45, 7) is 1.46. The average molecular weight is 649 g/mol. The molecule has 3 aromatic carbocycles. The highest BCUT2D eigenvalue weighted by Gasteiger charge is 2.30. The van der Waals surface area contributed by atoms with Crippen LogP contribution in [0.4, 0.5) is 10.8 Å². The van der Waals surface area contributed by atoms with Crippen LogP contribution in [0.2, 0.25) is 0 Å². The van der Waals surface area contributed by atoms with Gasteiger partial charge in [0.2, 0.25) is 23.0 Å². The van der Waals surface area contributed by atoms with Gasteiger partial charge in [0.1, 0.15) is 6.04 Å². The summed E-state index contributed by atoms with van der Waals surface area (Å²) in [7, 11) is 4.67. The molecule has 45 heavy (non-hydrogen) atoms. The number of nitrogens with zero attached hydrogens (tertiary/aromatic N) is 1.